The Bertz CT molecular complexity index is 609. The molecule has 1 aromatic heterocycles. The second-order valence-electron chi connectivity index (χ2n) is 4.87. The van der Waals surface area contributed by atoms with Crippen molar-refractivity contribution in [3.05, 3.63) is 42.1 Å². The van der Waals surface area contributed by atoms with Crippen molar-refractivity contribution in [3.8, 4) is 5.69 Å². The van der Waals surface area contributed by atoms with Gasteiger partial charge in [-0.05, 0) is 25.5 Å². The Kier molecular flexibility index (Phi) is 4.94. The van der Waals surface area contributed by atoms with Crippen LogP contribution in [-0.4, -0.2) is 35.6 Å². The number of amides is 2. The van der Waals surface area contributed by atoms with Crippen LogP contribution in [0.25, 0.3) is 5.69 Å². The average Bonchev–Trinajstić information content (AvgIpc) is 2.87. The van der Waals surface area contributed by atoms with Crippen molar-refractivity contribution in [1.29, 1.82) is 0 Å². The van der Waals surface area contributed by atoms with Crippen LogP contribution >= 0.6 is 0 Å². The van der Waals surface area contributed by atoms with Gasteiger partial charge in [0.05, 0.1) is 24.5 Å². The van der Waals surface area contributed by atoms with Crippen LogP contribution in [0.5, 0.6) is 0 Å². The first kappa shape index (κ1) is 15.1. The Hall–Kier alpha value is -2.34. The molecule has 1 aromatic carbocycles. The molecule has 2 amide bonds. The molecule has 0 fully saturated rings. The fourth-order valence-corrected chi connectivity index (χ4v) is 2.06. The van der Waals surface area contributed by atoms with E-state index in [1.807, 2.05) is 38.1 Å². The van der Waals surface area contributed by atoms with Crippen LogP contribution in [0.2, 0.25) is 0 Å². The van der Waals surface area contributed by atoms with Crippen molar-refractivity contribution in [3.63, 3.8) is 0 Å². The number of nitrogens with one attached hydrogen (secondary N) is 2. The smallest absolute Gasteiger partial charge is 0.320 e. The van der Waals surface area contributed by atoms with Gasteiger partial charge in [0.1, 0.15) is 5.82 Å². The minimum Gasteiger partial charge on any atom is -0.383 e. The highest BCUT2D eigenvalue weighted by Gasteiger charge is 2.11. The number of carbonyl (C=O) groups excluding carboxylic acids is 1. The summed E-state index contributed by atoms with van der Waals surface area (Å²) < 4.78 is 6.69. The monoisotopic (exact) mass is 288 g/mol. The third kappa shape index (κ3) is 3.82. The van der Waals surface area contributed by atoms with Crippen LogP contribution in [0.3, 0.4) is 0 Å². The molecule has 0 aliphatic rings. The lowest BCUT2D eigenvalue weighted by Gasteiger charge is -2.15. The third-order valence-corrected chi connectivity index (χ3v) is 3.02. The molecule has 0 saturated carbocycles. The van der Waals surface area contributed by atoms with Crippen molar-refractivity contribution in [1.82, 2.24) is 15.1 Å². The molecular formula is C15H20N4O2. The highest BCUT2D eigenvalue weighted by Crippen LogP contribution is 2.17. The number of anilines is 1. The minimum atomic E-state index is -0.283. The van der Waals surface area contributed by atoms with Gasteiger partial charge in [0.2, 0.25) is 0 Å². The summed E-state index contributed by atoms with van der Waals surface area (Å²) in [5, 5.41) is 9.86. The summed E-state index contributed by atoms with van der Waals surface area (Å²) in [7, 11) is 1.60. The topological polar surface area (TPSA) is 68.2 Å². The minimum absolute atomic E-state index is 0.0650. The number of carbonyl (C=O) groups is 1. The number of nitrogens with zero attached hydrogens (tertiary/aromatic N) is 2. The molecular weight excluding hydrogens is 268 g/mol. The van der Waals surface area contributed by atoms with Crippen LogP contribution in [-0.2, 0) is 4.74 Å². The van der Waals surface area contributed by atoms with Gasteiger partial charge in [0, 0.05) is 13.2 Å². The van der Waals surface area contributed by atoms with E-state index in [4.69, 9.17) is 4.74 Å². The number of rotatable bonds is 5. The zero-order chi connectivity index (χ0) is 15.2. The van der Waals surface area contributed by atoms with E-state index < -0.39 is 0 Å². The number of aromatic nitrogens is 2. The van der Waals surface area contributed by atoms with Crippen molar-refractivity contribution in [2.75, 3.05) is 19.0 Å². The molecule has 21 heavy (non-hydrogen) atoms. The molecule has 0 aliphatic heterocycles. The maximum Gasteiger partial charge on any atom is 0.320 e. The Morgan fingerprint density at radius 2 is 2.14 bits per heavy atom. The van der Waals surface area contributed by atoms with Gasteiger partial charge in [-0.3, -0.25) is 5.32 Å². The van der Waals surface area contributed by atoms with E-state index in [1.54, 1.807) is 24.1 Å². The van der Waals surface area contributed by atoms with E-state index in [2.05, 4.69) is 15.7 Å². The van der Waals surface area contributed by atoms with Crippen molar-refractivity contribution < 1.29 is 9.53 Å². The Morgan fingerprint density at radius 1 is 1.38 bits per heavy atom. The maximum atomic E-state index is 11.9. The standard InChI is InChI=1S/C15H20N4O2/c1-11-6-4-5-7-13(11)19-14(8-9-16-19)18-15(20)17-12(2)10-21-3/h4-9,12H,10H2,1-3H3,(H2,17,18,20)/t12-/m0/s1. The SMILES string of the molecule is COC[C@H](C)NC(=O)Nc1ccnn1-c1ccccc1C. The van der Waals surface area contributed by atoms with E-state index in [0.29, 0.717) is 12.4 Å². The Balaban J connectivity index is 2.11. The Morgan fingerprint density at radius 3 is 2.86 bits per heavy atom. The van der Waals surface area contributed by atoms with Crippen molar-refractivity contribution in [2.45, 2.75) is 19.9 Å². The number of aryl methyl sites for hydroxylation is 1. The second kappa shape index (κ2) is 6.90. The van der Waals surface area contributed by atoms with E-state index in [-0.39, 0.29) is 12.1 Å². The maximum absolute atomic E-state index is 11.9. The molecule has 2 rings (SSSR count). The largest absolute Gasteiger partial charge is 0.383 e. The summed E-state index contributed by atoms with van der Waals surface area (Å²) in [6.07, 6.45) is 1.65. The number of ether oxygens (including phenoxy) is 1. The average molecular weight is 288 g/mol. The van der Waals surface area contributed by atoms with E-state index in [1.165, 1.54) is 0 Å². The number of hydrogen-bond acceptors (Lipinski definition) is 3. The van der Waals surface area contributed by atoms with Crippen LogP contribution in [0, 0.1) is 6.92 Å². The zero-order valence-corrected chi connectivity index (χ0v) is 12.5. The number of para-hydroxylation sites is 1. The van der Waals surface area contributed by atoms with Crippen LogP contribution in [0.1, 0.15) is 12.5 Å². The molecule has 6 heteroatoms. The fraction of sp³-hybridized carbons (Fsp3) is 0.333. The molecule has 0 radical (unpaired) electrons. The highest BCUT2D eigenvalue weighted by molar-refractivity contribution is 5.88. The number of benzene rings is 1. The molecule has 112 valence electrons. The normalized spacial score (nSPS) is 12.0. The number of urea groups is 1. The molecule has 0 aliphatic carbocycles. The molecule has 6 nitrogen and oxygen atoms in total. The summed E-state index contributed by atoms with van der Waals surface area (Å²) >= 11 is 0. The molecule has 0 saturated heterocycles. The van der Waals surface area contributed by atoms with Gasteiger partial charge in [-0.25, -0.2) is 9.48 Å². The quantitative estimate of drug-likeness (QED) is 0.887. The first-order valence-electron chi connectivity index (χ1n) is 6.78. The van der Waals surface area contributed by atoms with Crippen molar-refractivity contribution >= 4 is 11.8 Å². The predicted octanol–water partition coefficient (Wildman–Crippen LogP) is 2.34. The van der Waals surface area contributed by atoms with Crippen LogP contribution in [0.15, 0.2) is 36.5 Å². The molecule has 0 spiro atoms. The fourth-order valence-electron chi connectivity index (χ4n) is 2.06. The summed E-state index contributed by atoms with van der Waals surface area (Å²) in [5.41, 5.74) is 2.01. The van der Waals surface area contributed by atoms with Gasteiger partial charge in [-0.15, -0.1) is 0 Å². The van der Waals surface area contributed by atoms with Gasteiger partial charge in [0.25, 0.3) is 0 Å². The molecule has 0 unspecified atom stereocenters. The molecule has 2 aromatic rings. The Labute approximate surface area is 124 Å². The molecule has 1 atom stereocenters. The summed E-state index contributed by atoms with van der Waals surface area (Å²) in [6.45, 7) is 4.34. The summed E-state index contributed by atoms with van der Waals surface area (Å²) in [4.78, 5) is 11.9. The molecule has 1 heterocycles. The van der Waals surface area contributed by atoms with E-state index in [0.717, 1.165) is 11.3 Å². The lowest BCUT2D eigenvalue weighted by molar-refractivity contribution is 0.173. The van der Waals surface area contributed by atoms with Gasteiger partial charge in [-0.2, -0.15) is 5.10 Å². The number of hydrogen-bond donors (Lipinski definition) is 2. The first-order valence-corrected chi connectivity index (χ1v) is 6.78. The first-order chi connectivity index (χ1) is 10.1. The lowest BCUT2D eigenvalue weighted by Crippen LogP contribution is -2.38. The van der Waals surface area contributed by atoms with E-state index >= 15 is 0 Å². The van der Waals surface area contributed by atoms with Crippen LogP contribution in [0.4, 0.5) is 10.6 Å². The van der Waals surface area contributed by atoms with Crippen LogP contribution < -0.4 is 10.6 Å². The zero-order valence-electron chi connectivity index (χ0n) is 12.5. The summed E-state index contributed by atoms with van der Waals surface area (Å²) in [6, 6.07) is 9.27. The molecule has 0 bridgehead atoms. The predicted molar refractivity (Wildman–Crippen MR) is 81.8 cm³/mol. The third-order valence-electron chi connectivity index (χ3n) is 3.02. The van der Waals surface area contributed by atoms with Gasteiger partial charge in [-0.1, -0.05) is 18.2 Å². The van der Waals surface area contributed by atoms with Gasteiger partial charge in [0.15, 0.2) is 0 Å². The van der Waals surface area contributed by atoms with E-state index in [9.17, 15) is 4.79 Å². The number of methoxy groups -OCH3 is 1. The second-order valence-corrected chi connectivity index (χ2v) is 4.87. The van der Waals surface area contributed by atoms with Gasteiger partial charge < -0.3 is 10.1 Å². The molecule has 2 N–H and O–H groups in total. The van der Waals surface area contributed by atoms with Gasteiger partial charge >= 0.3 is 6.03 Å². The van der Waals surface area contributed by atoms with Crippen molar-refractivity contribution in [2.24, 2.45) is 0 Å². The lowest BCUT2D eigenvalue weighted by atomic mass is 10.2. The highest BCUT2D eigenvalue weighted by atomic mass is 16.5. The summed E-state index contributed by atoms with van der Waals surface area (Å²) in [5.74, 6) is 0.617.